The molecule has 1 aliphatic carbocycles. The number of fused-ring (bicyclic) bond motifs is 3. The number of imide groups is 1. The molecule has 8 nitrogen and oxygen atoms in total. The summed E-state index contributed by atoms with van der Waals surface area (Å²) in [7, 11) is -4.04. The van der Waals surface area contributed by atoms with Gasteiger partial charge in [0, 0.05) is 25.7 Å². The first-order valence-corrected chi connectivity index (χ1v) is 24.8. The molecular weight excluding hydrogens is 787 g/mol. The van der Waals surface area contributed by atoms with Crippen molar-refractivity contribution in [2.75, 3.05) is 19.7 Å². The molecule has 0 spiro atoms. The Labute approximate surface area is 369 Å². The number of nitrogens with zero attached hydrogens (tertiary/aromatic N) is 2. The summed E-state index contributed by atoms with van der Waals surface area (Å²) >= 11 is 0. The summed E-state index contributed by atoms with van der Waals surface area (Å²) in [5, 5.41) is 23.8. The predicted molar refractivity (Wildman–Crippen MR) is 250 cm³/mol. The lowest BCUT2D eigenvalue weighted by Crippen LogP contribution is -2.66. The third kappa shape index (κ3) is 9.08. The van der Waals surface area contributed by atoms with E-state index in [1.165, 1.54) is 21.5 Å². The molecule has 4 atom stereocenters. The predicted octanol–water partition coefficient (Wildman–Crippen LogP) is 8.39. The number of piperidine rings is 1. The topological polar surface area (TPSA) is 99.5 Å². The Balaban J connectivity index is 1.14. The number of allylic oxidation sites excluding steroid dienone is 1. The van der Waals surface area contributed by atoms with Crippen LogP contribution in [0.2, 0.25) is 11.4 Å². The number of carbonyl (C=O) groups excluding carboxylic acids is 2. The largest absolute Gasteiger partial charge is 0.508 e. The van der Waals surface area contributed by atoms with Crippen LogP contribution in [0.5, 0.6) is 5.75 Å². The van der Waals surface area contributed by atoms with E-state index >= 15 is 0 Å². The minimum atomic E-state index is -2.98. The number of aromatic hydroxyl groups is 1. The van der Waals surface area contributed by atoms with E-state index in [1.54, 1.807) is 17.0 Å². The van der Waals surface area contributed by atoms with Crippen molar-refractivity contribution in [3.8, 4) is 5.75 Å². The van der Waals surface area contributed by atoms with Crippen LogP contribution in [0.25, 0.3) is 6.08 Å². The quantitative estimate of drug-likeness (QED) is 0.0748. The second-order valence-corrected chi connectivity index (χ2v) is 23.3. The van der Waals surface area contributed by atoms with Crippen LogP contribution in [0.1, 0.15) is 83.8 Å². The van der Waals surface area contributed by atoms with Crippen molar-refractivity contribution in [1.29, 1.82) is 0 Å². The maximum absolute atomic E-state index is 14.9. The molecule has 62 heavy (non-hydrogen) atoms. The molecule has 4 aromatic rings. The average molecular weight is 851 g/mol. The van der Waals surface area contributed by atoms with E-state index in [9.17, 15) is 19.7 Å². The van der Waals surface area contributed by atoms with E-state index in [2.05, 4.69) is 111 Å². The molecule has 0 aromatic heterocycles. The highest BCUT2D eigenvalue weighted by Crippen LogP contribution is 2.52. The van der Waals surface area contributed by atoms with Gasteiger partial charge in [0.15, 0.2) is 0 Å². The molecule has 2 amide bonds. The highest BCUT2D eigenvalue weighted by molar-refractivity contribution is 6.99. The summed E-state index contributed by atoms with van der Waals surface area (Å²) < 4.78 is 14.1. The molecule has 3 aliphatic heterocycles. The number of hydrogen-bond donors (Lipinski definition) is 2. The summed E-state index contributed by atoms with van der Waals surface area (Å²) in [6.45, 7) is 11.8. The third-order valence-corrected chi connectivity index (χ3v) is 18.9. The van der Waals surface area contributed by atoms with Crippen LogP contribution in [0.15, 0.2) is 132 Å². The van der Waals surface area contributed by atoms with Gasteiger partial charge < -0.3 is 19.2 Å². The molecule has 3 fully saturated rings. The Morgan fingerprint density at radius 2 is 1.50 bits per heavy atom. The summed E-state index contributed by atoms with van der Waals surface area (Å²) in [5.74, 6) is -1.32. The summed E-state index contributed by atoms with van der Waals surface area (Å²) in [5.41, 5.74) is 5.52. The van der Waals surface area contributed by atoms with E-state index < -0.39 is 33.4 Å². The molecule has 0 bridgehead atoms. The zero-order valence-electron chi connectivity index (χ0n) is 36.9. The van der Waals surface area contributed by atoms with Crippen molar-refractivity contribution in [1.82, 2.24) is 9.80 Å². The van der Waals surface area contributed by atoms with Crippen molar-refractivity contribution in [2.24, 2.45) is 17.8 Å². The minimum absolute atomic E-state index is 0.0691. The van der Waals surface area contributed by atoms with Crippen LogP contribution in [0.3, 0.4) is 0 Å². The van der Waals surface area contributed by atoms with Crippen LogP contribution in [-0.2, 0) is 25.2 Å². The Bertz CT molecular complexity index is 2200. The number of hydrogen-bond acceptors (Lipinski definition) is 7. The van der Waals surface area contributed by atoms with Crippen LogP contribution >= 0.6 is 0 Å². The zero-order chi connectivity index (χ0) is 43.4. The number of likely N-dealkylation sites (tertiary alicyclic amines) is 2. The van der Waals surface area contributed by atoms with Gasteiger partial charge in [-0.15, -0.1) is 0 Å². The number of phenolic OH excluding ortho intramolecular Hbond substituents is 1. The molecular formula is C52H63BN2O6Si. The van der Waals surface area contributed by atoms with Gasteiger partial charge >= 0.3 is 7.12 Å². The normalized spacial score (nSPS) is 22.9. The summed E-state index contributed by atoms with van der Waals surface area (Å²) in [6, 6.07) is 38.9. The Kier molecular flexibility index (Phi) is 13.5. The lowest BCUT2D eigenvalue weighted by atomic mass is 9.58. The van der Waals surface area contributed by atoms with Crippen molar-refractivity contribution in [3.63, 3.8) is 0 Å². The molecule has 4 aliphatic rings. The monoisotopic (exact) mass is 850 g/mol. The fourth-order valence-corrected chi connectivity index (χ4v) is 15.7. The highest BCUT2D eigenvalue weighted by atomic mass is 28.4. The van der Waals surface area contributed by atoms with Crippen molar-refractivity contribution in [2.45, 2.75) is 103 Å². The number of benzene rings is 4. The van der Waals surface area contributed by atoms with E-state index in [0.29, 0.717) is 25.9 Å². The second-order valence-electron chi connectivity index (χ2n) is 19.0. The molecule has 3 saturated heterocycles. The number of amides is 2. The van der Waals surface area contributed by atoms with E-state index in [4.69, 9.17) is 9.08 Å². The first-order valence-electron chi connectivity index (χ1n) is 22.9. The summed E-state index contributed by atoms with van der Waals surface area (Å²) in [6.07, 6.45) is 7.06. The van der Waals surface area contributed by atoms with Crippen LogP contribution in [-0.4, -0.2) is 79.0 Å². The second kappa shape index (κ2) is 19.0. The Hall–Kier alpha value is -4.58. The Morgan fingerprint density at radius 3 is 2.11 bits per heavy atom. The smallest absolute Gasteiger partial charge is 0.455 e. The molecule has 0 unspecified atom stereocenters. The third-order valence-electron chi connectivity index (χ3n) is 13.9. The highest BCUT2D eigenvalue weighted by Gasteiger charge is 2.59. The van der Waals surface area contributed by atoms with Crippen molar-refractivity contribution >= 4 is 43.7 Å². The van der Waals surface area contributed by atoms with Crippen molar-refractivity contribution < 1.29 is 28.8 Å². The van der Waals surface area contributed by atoms with Gasteiger partial charge in [-0.05, 0) is 101 Å². The van der Waals surface area contributed by atoms with Gasteiger partial charge in [0.25, 0.3) is 8.32 Å². The maximum Gasteiger partial charge on any atom is 0.455 e. The molecule has 0 saturated carbocycles. The number of carbonyl (C=O) groups is 2. The SMILES string of the molecule is CCC/C(=C\c1cccc(O)c1)CC[C@H]1OB(O)C[C@H]2C1=C(CO[Si](c1ccccc1)(c1ccccc1)C(C)(C)C)C[C@H]1C(=O)N(C3CCN(Cc4ccccc4)CC3)C(=O)[C@H]12. The van der Waals surface area contributed by atoms with Gasteiger partial charge in [-0.25, -0.2) is 0 Å². The number of rotatable bonds is 14. The van der Waals surface area contributed by atoms with E-state index in [1.807, 2.05) is 30.3 Å². The maximum atomic E-state index is 14.9. The fraction of sp³-hybridized carbons (Fsp3) is 0.423. The molecule has 324 valence electrons. The lowest BCUT2D eigenvalue weighted by Gasteiger charge is -2.46. The molecule has 0 radical (unpaired) electrons. The molecule has 8 rings (SSSR count). The average Bonchev–Trinajstić information content (AvgIpc) is 3.52. The van der Waals surface area contributed by atoms with Gasteiger partial charge in [-0.1, -0.05) is 149 Å². The molecule has 4 aromatic carbocycles. The van der Waals surface area contributed by atoms with Gasteiger partial charge in [-0.3, -0.25) is 19.4 Å². The standard InChI is InChI=1S/C52H63BN2O6Si/c1-5-16-37(31-39-19-15-20-42(56)32-39)25-26-47-48-40(36-60-62(52(2,3)4,43-21-11-7-12-22-43)44-23-13-8-14-24-44)33-45-49(46(48)34-53(59)61-47)51(58)55(50(45)57)41-27-29-54(30-28-41)35-38-17-9-6-10-18-38/h6-15,17-24,31-32,41,45-47,49,56,59H,5,16,25-30,33-36H2,1-4H3/b37-31+/t45-,46+,47-,49-/m1/s1. The van der Waals surface area contributed by atoms with Gasteiger partial charge in [0.1, 0.15) is 5.75 Å². The van der Waals surface area contributed by atoms with E-state index in [0.717, 1.165) is 62.0 Å². The minimum Gasteiger partial charge on any atom is -0.508 e. The van der Waals surface area contributed by atoms with Gasteiger partial charge in [0.2, 0.25) is 11.8 Å². The lowest BCUT2D eigenvalue weighted by molar-refractivity contribution is -0.144. The summed E-state index contributed by atoms with van der Waals surface area (Å²) in [4.78, 5) is 33.8. The molecule has 10 heteroatoms. The molecule has 3 heterocycles. The first-order chi connectivity index (χ1) is 30.0. The zero-order valence-corrected chi connectivity index (χ0v) is 37.9. The van der Waals surface area contributed by atoms with Gasteiger partial charge in [0.05, 0.1) is 24.5 Å². The molecule has 2 N–H and O–H groups in total. The Morgan fingerprint density at radius 1 is 0.855 bits per heavy atom. The van der Waals surface area contributed by atoms with E-state index in [-0.39, 0.29) is 40.9 Å². The van der Waals surface area contributed by atoms with Gasteiger partial charge in [-0.2, -0.15) is 0 Å². The van der Waals surface area contributed by atoms with Crippen LogP contribution < -0.4 is 10.4 Å². The number of phenols is 1. The van der Waals surface area contributed by atoms with Crippen LogP contribution in [0.4, 0.5) is 0 Å². The first kappa shape index (κ1) is 44.0. The van der Waals surface area contributed by atoms with Crippen LogP contribution in [0, 0.1) is 17.8 Å². The van der Waals surface area contributed by atoms with Crippen molar-refractivity contribution in [3.05, 3.63) is 143 Å². The fourth-order valence-electron chi connectivity index (χ4n) is 11.2.